The van der Waals surface area contributed by atoms with Crippen molar-refractivity contribution < 1.29 is 4.74 Å². The van der Waals surface area contributed by atoms with Crippen molar-refractivity contribution in [3.63, 3.8) is 0 Å². The molecular weight excluding hydrogens is 210 g/mol. The second kappa shape index (κ2) is 5.54. The number of hydrogen-bond acceptors (Lipinski definition) is 2. The molecule has 1 aromatic carbocycles. The van der Waals surface area contributed by atoms with Crippen LogP contribution in [0.15, 0.2) is 18.2 Å². The Kier molecular flexibility index (Phi) is 4.58. The quantitative estimate of drug-likeness (QED) is 0.851. The van der Waals surface area contributed by atoms with E-state index in [4.69, 9.17) is 10.5 Å². The molecule has 17 heavy (non-hydrogen) atoms. The lowest BCUT2D eigenvalue weighted by Gasteiger charge is -2.34. The third kappa shape index (κ3) is 2.63. The van der Waals surface area contributed by atoms with Crippen molar-refractivity contribution in [3.05, 3.63) is 29.3 Å². The van der Waals surface area contributed by atoms with Crippen LogP contribution in [-0.4, -0.2) is 13.7 Å². The lowest BCUT2D eigenvalue weighted by atomic mass is 9.72. The van der Waals surface area contributed by atoms with Crippen LogP contribution < -0.4 is 10.5 Å². The minimum absolute atomic E-state index is 0.0312. The fourth-order valence-corrected chi connectivity index (χ4v) is 2.08. The Morgan fingerprint density at radius 2 is 2.00 bits per heavy atom. The maximum atomic E-state index is 6.00. The van der Waals surface area contributed by atoms with Crippen molar-refractivity contribution in [2.75, 3.05) is 13.7 Å². The number of rotatable bonds is 5. The maximum Gasteiger partial charge on any atom is 0.122 e. The second-order valence-electron chi connectivity index (χ2n) is 5.16. The Bertz CT molecular complexity index is 373. The number of nitrogens with two attached hydrogens (primary N) is 1. The molecule has 0 saturated heterocycles. The van der Waals surface area contributed by atoms with Crippen LogP contribution in [0.25, 0.3) is 0 Å². The third-order valence-electron chi connectivity index (χ3n) is 3.99. The zero-order chi connectivity index (χ0) is 13.1. The number of ether oxygens (including phenoxy) is 1. The Hall–Kier alpha value is -1.02. The molecule has 0 spiro atoms. The minimum atomic E-state index is -0.0312. The summed E-state index contributed by atoms with van der Waals surface area (Å²) in [6, 6.07) is 6.43. The average Bonchev–Trinajstić information content (AvgIpc) is 2.36. The first kappa shape index (κ1) is 14.0. The molecule has 2 heteroatoms. The zero-order valence-electron chi connectivity index (χ0n) is 11.7. The molecule has 0 bridgehead atoms. The Morgan fingerprint density at radius 1 is 1.35 bits per heavy atom. The summed E-state index contributed by atoms with van der Waals surface area (Å²) in [5.74, 6) is 1.43. The van der Waals surface area contributed by atoms with Crippen LogP contribution in [-0.2, 0) is 11.8 Å². The summed E-state index contributed by atoms with van der Waals surface area (Å²) in [7, 11) is 1.72. The van der Waals surface area contributed by atoms with Gasteiger partial charge in [-0.05, 0) is 24.0 Å². The van der Waals surface area contributed by atoms with Crippen molar-refractivity contribution in [1.82, 2.24) is 0 Å². The fourth-order valence-electron chi connectivity index (χ4n) is 2.08. The summed E-state index contributed by atoms with van der Waals surface area (Å²) >= 11 is 0. The van der Waals surface area contributed by atoms with Gasteiger partial charge >= 0.3 is 0 Å². The maximum absolute atomic E-state index is 6.00. The van der Waals surface area contributed by atoms with E-state index in [2.05, 4.69) is 45.9 Å². The van der Waals surface area contributed by atoms with Crippen molar-refractivity contribution in [1.29, 1.82) is 0 Å². The fraction of sp³-hybridized carbons (Fsp3) is 0.600. The van der Waals surface area contributed by atoms with Gasteiger partial charge in [0.1, 0.15) is 5.75 Å². The Labute approximate surface area is 105 Å². The van der Waals surface area contributed by atoms with E-state index in [-0.39, 0.29) is 5.41 Å². The first-order valence-electron chi connectivity index (χ1n) is 6.37. The summed E-state index contributed by atoms with van der Waals surface area (Å²) < 4.78 is 5.49. The van der Waals surface area contributed by atoms with Gasteiger partial charge in [0, 0.05) is 17.5 Å². The number of benzene rings is 1. The first-order chi connectivity index (χ1) is 7.99. The SMILES string of the molecule is CCc1ccc(OC)c(C(C)(CN)C(C)C)c1. The highest BCUT2D eigenvalue weighted by molar-refractivity contribution is 5.43. The molecule has 0 radical (unpaired) electrons. The Morgan fingerprint density at radius 3 is 2.41 bits per heavy atom. The van der Waals surface area contributed by atoms with Gasteiger partial charge in [0.2, 0.25) is 0 Å². The molecule has 2 nitrogen and oxygen atoms in total. The average molecular weight is 235 g/mol. The van der Waals surface area contributed by atoms with Gasteiger partial charge in [0.05, 0.1) is 7.11 Å². The second-order valence-corrected chi connectivity index (χ2v) is 5.16. The van der Waals surface area contributed by atoms with Crippen LogP contribution in [0.2, 0.25) is 0 Å². The van der Waals surface area contributed by atoms with E-state index in [0.717, 1.165) is 12.2 Å². The highest BCUT2D eigenvalue weighted by Crippen LogP contribution is 2.37. The molecule has 1 unspecified atom stereocenters. The van der Waals surface area contributed by atoms with Crippen LogP contribution >= 0.6 is 0 Å². The third-order valence-corrected chi connectivity index (χ3v) is 3.99. The number of hydrogen-bond donors (Lipinski definition) is 1. The van der Waals surface area contributed by atoms with Gasteiger partial charge in [-0.25, -0.2) is 0 Å². The molecule has 1 atom stereocenters. The molecule has 0 amide bonds. The molecule has 0 aliphatic rings. The molecule has 96 valence electrons. The van der Waals surface area contributed by atoms with E-state index < -0.39 is 0 Å². The molecule has 0 aliphatic carbocycles. The van der Waals surface area contributed by atoms with E-state index in [1.807, 2.05) is 0 Å². The van der Waals surface area contributed by atoms with Gasteiger partial charge in [-0.15, -0.1) is 0 Å². The van der Waals surface area contributed by atoms with Crippen LogP contribution in [0.5, 0.6) is 5.75 Å². The molecule has 2 N–H and O–H groups in total. The monoisotopic (exact) mass is 235 g/mol. The van der Waals surface area contributed by atoms with Gasteiger partial charge in [0.15, 0.2) is 0 Å². The first-order valence-corrected chi connectivity index (χ1v) is 6.37. The van der Waals surface area contributed by atoms with Gasteiger partial charge in [0.25, 0.3) is 0 Å². The molecule has 0 heterocycles. The summed E-state index contributed by atoms with van der Waals surface area (Å²) in [6.45, 7) is 9.44. The minimum Gasteiger partial charge on any atom is -0.496 e. The van der Waals surface area contributed by atoms with Crippen LogP contribution in [0.3, 0.4) is 0 Å². The van der Waals surface area contributed by atoms with Crippen LogP contribution in [0, 0.1) is 5.92 Å². The molecule has 0 aromatic heterocycles. The smallest absolute Gasteiger partial charge is 0.122 e. The van der Waals surface area contributed by atoms with Crippen molar-refractivity contribution >= 4 is 0 Å². The van der Waals surface area contributed by atoms with E-state index in [0.29, 0.717) is 12.5 Å². The van der Waals surface area contributed by atoms with Gasteiger partial charge in [-0.1, -0.05) is 39.8 Å². The highest BCUT2D eigenvalue weighted by Gasteiger charge is 2.31. The lowest BCUT2D eigenvalue weighted by Crippen LogP contribution is -2.37. The van der Waals surface area contributed by atoms with Gasteiger partial charge in [-0.3, -0.25) is 0 Å². The predicted octanol–water partition coefficient (Wildman–Crippen LogP) is 3.13. The van der Waals surface area contributed by atoms with E-state index in [1.54, 1.807) is 7.11 Å². The summed E-state index contributed by atoms with van der Waals surface area (Å²) in [6.07, 6.45) is 1.04. The Balaban J connectivity index is 3.34. The van der Waals surface area contributed by atoms with Crippen molar-refractivity contribution in [2.24, 2.45) is 11.7 Å². The van der Waals surface area contributed by atoms with E-state index in [9.17, 15) is 0 Å². The molecule has 0 fully saturated rings. The molecule has 0 aliphatic heterocycles. The largest absolute Gasteiger partial charge is 0.496 e. The zero-order valence-corrected chi connectivity index (χ0v) is 11.7. The summed E-state index contributed by atoms with van der Waals surface area (Å²) in [5.41, 5.74) is 8.54. The molecule has 1 aromatic rings. The molecule has 1 rings (SSSR count). The summed E-state index contributed by atoms with van der Waals surface area (Å²) in [5, 5.41) is 0. The van der Waals surface area contributed by atoms with Gasteiger partial charge < -0.3 is 10.5 Å². The normalized spacial score (nSPS) is 14.8. The van der Waals surface area contributed by atoms with Gasteiger partial charge in [-0.2, -0.15) is 0 Å². The van der Waals surface area contributed by atoms with Crippen LogP contribution in [0.1, 0.15) is 38.8 Å². The molecular formula is C15H25NO. The number of aryl methyl sites for hydroxylation is 1. The lowest BCUT2D eigenvalue weighted by molar-refractivity contribution is 0.324. The highest BCUT2D eigenvalue weighted by atomic mass is 16.5. The van der Waals surface area contributed by atoms with E-state index in [1.165, 1.54) is 11.1 Å². The van der Waals surface area contributed by atoms with E-state index >= 15 is 0 Å². The predicted molar refractivity (Wildman–Crippen MR) is 73.6 cm³/mol. The van der Waals surface area contributed by atoms with Crippen molar-refractivity contribution in [2.45, 2.75) is 39.5 Å². The standard InChI is InChI=1S/C15H25NO/c1-6-12-7-8-14(17-5)13(9-12)15(4,10-16)11(2)3/h7-9,11H,6,10,16H2,1-5H3. The topological polar surface area (TPSA) is 35.2 Å². The van der Waals surface area contributed by atoms with Crippen molar-refractivity contribution in [3.8, 4) is 5.75 Å². The summed E-state index contributed by atoms with van der Waals surface area (Å²) in [4.78, 5) is 0. The van der Waals surface area contributed by atoms with Crippen LogP contribution in [0.4, 0.5) is 0 Å². The number of methoxy groups -OCH3 is 1. The molecule has 0 saturated carbocycles.